The Morgan fingerprint density at radius 1 is 0.542 bits per heavy atom. The van der Waals surface area contributed by atoms with Gasteiger partial charge in [-0.05, 0) is 110 Å². The number of carbonyl (C=O) groups is 4. The Morgan fingerprint density at radius 3 is 1.25 bits per heavy atom. The Labute approximate surface area is 276 Å². The summed E-state index contributed by atoms with van der Waals surface area (Å²) < 4.78 is 24.4. The zero-order valence-electron chi connectivity index (χ0n) is 26.8. The highest BCUT2D eigenvalue weighted by atomic mass is 16.5. The highest BCUT2D eigenvalue weighted by Gasteiger charge is 2.24. The molecule has 0 spiro atoms. The van der Waals surface area contributed by atoms with Crippen LogP contribution < -0.4 is 9.47 Å². The number of methoxy groups -OCH3 is 2. The molecular weight excluding hydrogens is 612 g/mol. The van der Waals surface area contributed by atoms with E-state index in [0.29, 0.717) is 44.8 Å². The molecule has 48 heavy (non-hydrogen) atoms. The molecule has 4 aromatic heterocycles. The van der Waals surface area contributed by atoms with E-state index in [1.165, 1.54) is 12.1 Å². The molecule has 0 saturated heterocycles. The largest absolute Gasteiger partial charge is 0.497 e. The van der Waals surface area contributed by atoms with Crippen molar-refractivity contribution < 1.29 is 38.1 Å². The van der Waals surface area contributed by atoms with Crippen LogP contribution in [0.25, 0.3) is 22.2 Å². The third-order valence-electron chi connectivity index (χ3n) is 8.04. The summed E-state index contributed by atoms with van der Waals surface area (Å²) in [6, 6.07) is 23.8. The second kappa shape index (κ2) is 13.3. The topological polar surface area (TPSA) is 114 Å². The second-order valence-electron chi connectivity index (χ2n) is 10.8. The molecule has 0 bridgehead atoms. The minimum Gasteiger partial charge on any atom is -0.497 e. The summed E-state index contributed by atoms with van der Waals surface area (Å²) >= 11 is 0. The maximum Gasteiger partial charge on any atom is 0.340 e. The molecule has 0 N–H and O–H groups in total. The molecular formula is C38H32N2O8. The van der Waals surface area contributed by atoms with Crippen LogP contribution in [0.2, 0.25) is 0 Å². The van der Waals surface area contributed by atoms with Crippen LogP contribution in [0.1, 0.15) is 66.7 Å². The van der Waals surface area contributed by atoms with Crippen LogP contribution in [0, 0.1) is 0 Å². The molecule has 0 fully saturated rings. The van der Waals surface area contributed by atoms with Gasteiger partial charge >= 0.3 is 11.9 Å². The number of rotatable bonds is 11. The number of nitrogens with zero attached hydrogens (tertiary/aromatic N) is 2. The van der Waals surface area contributed by atoms with Crippen LogP contribution >= 0.6 is 0 Å². The molecule has 10 nitrogen and oxygen atoms in total. The van der Waals surface area contributed by atoms with Gasteiger partial charge in [0.05, 0.1) is 61.0 Å². The molecule has 0 unspecified atom stereocenters. The van der Waals surface area contributed by atoms with Gasteiger partial charge in [-0.25, -0.2) is 9.59 Å². The van der Waals surface area contributed by atoms with Crippen molar-refractivity contribution in [2.24, 2.45) is 0 Å². The summed E-state index contributed by atoms with van der Waals surface area (Å²) in [6.45, 7) is 3.76. The highest BCUT2D eigenvalue weighted by Crippen LogP contribution is 2.30. The van der Waals surface area contributed by atoms with Crippen molar-refractivity contribution in [3.8, 4) is 22.6 Å². The van der Waals surface area contributed by atoms with E-state index in [2.05, 4.69) is 0 Å². The van der Waals surface area contributed by atoms with Crippen molar-refractivity contribution in [1.82, 2.24) is 8.80 Å². The van der Waals surface area contributed by atoms with Crippen LogP contribution in [0.3, 0.4) is 0 Å². The van der Waals surface area contributed by atoms with Gasteiger partial charge < -0.3 is 27.7 Å². The van der Waals surface area contributed by atoms with Gasteiger partial charge in [0.25, 0.3) is 0 Å². The van der Waals surface area contributed by atoms with E-state index in [1.807, 2.05) is 12.1 Å². The van der Waals surface area contributed by atoms with Gasteiger partial charge in [-0.15, -0.1) is 0 Å². The van der Waals surface area contributed by atoms with E-state index in [1.54, 1.807) is 110 Å². The Morgan fingerprint density at radius 2 is 0.917 bits per heavy atom. The number of pyridine rings is 2. The van der Waals surface area contributed by atoms with E-state index in [-0.39, 0.29) is 47.3 Å². The fourth-order valence-electron chi connectivity index (χ4n) is 5.63. The molecule has 6 rings (SSSR count). The maximum absolute atomic E-state index is 13.6. The number of ketones is 2. The lowest BCUT2D eigenvalue weighted by Gasteiger charge is -2.09. The minimum absolute atomic E-state index is 0.163. The molecule has 0 radical (unpaired) electrons. The molecule has 0 amide bonds. The lowest BCUT2D eigenvalue weighted by atomic mass is 10.1. The summed E-state index contributed by atoms with van der Waals surface area (Å²) in [6.07, 6.45) is 3.44. The van der Waals surface area contributed by atoms with Gasteiger partial charge in [-0.3, -0.25) is 9.59 Å². The quantitative estimate of drug-likeness (QED) is 0.113. The van der Waals surface area contributed by atoms with Gasteiger partial charge in [0.15, 0.2) is 0 Å². The number of benzene rings is 2. The fourth-order valence-corrected chi connectivity index (χ4v) is 5.63. The molecule has 4 heterocycles. The maximum atomic E-state index is 13.6. The summed E-state index contributed by atoms with van der Waals surface area (Å²) in [5.74, 6) is -0.445. The predicted octanol–water partition coefficient (Wildman–Crippen LogP) is 6.69. The van der Waals surface area contributed by atoms with Crippen molar-refractivity contribution in [2.75, 3.05) is 27.4 Å². The highest BCUT2D eigenvalue weighted by molar-refractivity contribution is 6.12. The summed E-state index contributed by atoms with van der Waals surface area (Å²) in [7, 11) is 3.10. The summed E-state index contributed by atoms with van der Waals surface area (Å²) in [5, 5.41) is 0. The number of hydrogen-bond acceptors (Lipinski definition) is 8. The van der Waals surface area contributed by atoms with Gasteiger partial charge in [0, 0.05) is 23.5 Å². The van der Waals surface area contributed by atoms with E-state index < -0.39 is 11.9 Å². The molecule has 242 valence electrons. The predicted molar refractivity (Wildman–Crippen MR) is 179 cm³/mol. The molecule has 6 aromatic rings. The smallest absolute Gasteiger partial charge is 0.340 e. The average molecular weight is 645 g/mol. The third-order valence-corrected chi connectivity index (χ3v) is 8.04. The minimum atomic E-state index is -0.561. The zero-order chi connectivity index (χ0) is 33.9. The van der Waals surface area contributed by atoms with Crippen molar-refractivity contribution in [3.05, 3.63) is 131 Å². The molecule has 0 atom stereocenters. The first-order valence-corrected chi connectivity index (χ1v) is 15.3. The SMILES string of the molecule is CCOC(=O)c1cc(C(=O)c2ccc(OC)cc2)n2ccc(-c3ccn4c(C(=O)c5ccc(OC)cc5)cc(C(=O)OCC)c4c3)cc12. The Kier molecular flexibility index (Phi) is 8.81. The Balaban J connectivity index is 1.46. The van der Waals surface area contributed by atoms with E-state index in [4.69, 9.17) is 18.9 Å². The number of aromatic nitrogens is 2. The first-order valence-electron chi connectivity index (χ1n) is 15.3. The van der Waals surface area contributed by atoms with Crippen LogP contribution in [0.15, 0.2) is 97.3 Å². The fraction of sp³-hybridized carbons (Fsp3) is 0.158. The van der Waals surface area contributed by atoms with Gasteiger partial charge in [-0.2, -0.15) is 0 Å². The molecule has 0 aliphatic carbocycles. The van der Waals surface area contributed by atoms with Crippen LogP contribution in [-0.4, -0.2) is 59.7 Å². The second-order valence-corrected chi connectivity index (χ2v) is 10.8. The van der Waals surface area contributed by atoms with Gasteiger partial charge in [-0.1, -0.05) is 0 Å². The average Bonchev–Trinajstić information content (AvgIpc) is 3.70. The lowest BCUT2D eigenvalue weighted by molar-refractivity contribution is 0.0519. The van der Waals surface area contributed by atoms with Crippen molar-refractivity contribution in [2.45, 2.75) is 13.8 Å². The molecule has 0 aliphatic heterocycles. The molecule has 0 aliphatic rings. The van der Waals surface area contributed by atoms with Gasteiger partial charge in [0.2, 0.25) is 11.6 Å². The number of fused-ring (bicyclic) bond motifs is 2. The summed E-state index contributed by atoms with van der Waals surface area (Å²) in [4.78, 5) is 53.4. The van der Waals surface area contributed by atoms with E-state index in [0.717, 1.165) is 0 Å². The van der Waals surface area contributed by atoms with Crippen molar-refractivity contribution in [1.29, 1.82) is 0 Å². The normalized spacial score (nSPS) is 11.0. The van der Waals surface area contributed by atoms with Crippen LogP contribution in [0.5, 0.6) is 11.5 Å². The summed E-state index contributed by atoms with van der Waals surface area (Å²) in [5.41, 5.74) is 4.26. The standard InChI is InChI=1S/C38H32N2O8/c1-5-47-37(43)29-21-33(35(41)23-7-11-27(45-3)12-8-23)39-17-15-25(19-31(29)39)26-16-18-40-32(20-26)30(38(44)48-6-2)22-34(40)36(42)24-9-13-28(46-4)14-10-24/h7-22H,5-6H2,1-4H3. The zero-order valence-corrected chi connectivity index (χ0v) is 26.8. The Bertz CT molecular complexity index is 2030. The van der Waals surface area contributed by atoms with Crippen LogP contribution in [-0.2, 0) is 9.47 Å². The Hall–Kier alpha value is -6.16. The first-order chi connectivity index (χ1) is 23.3. The molecule has 10 heteroatoms. The molecule has 2 aromatic carbocycles. The van der Waals surface area contributed by atoms with Crippen molar-refractivity contribution >= 4 is 34.5 Å². The van der Waals surface area contributed by atoms with Crippen LogP contribution in [0.4, 0.5) is 0 Å². The third kappa shape index (κ3) is 5.79. The number of ether oxygens (including phenoxy) is 4. The van der Waals surface area contributed by atoms with Gasteiger partial charge in [0.1, 0.15) is 11.5 Å². The number of carbonyl (C=O) groups excluding carboxylic acids is 4. The lowest BCUT2D eigenvalue weighted by Crippen LogP contribution is -2.05. The molecule has 0 saturated carbocycles. The first kappa shape index (κ1) is 31.8. The van der Waals surface area contributed by atoms with Crippen molar-refractivity contribution in [3.63, 3.8) is 0 Å². The van der Waals surface area contributed by atoms with E-state index in [9.17, 15) is 19.2 Å². The van der Waals surface area contributed by atoms with E-state index >= 15 is 0 Å². The number of hydrogen-bond donors (Lipinski definition) is 0. The number of esters is 2. The monoisotopic (exact) mass is 644 g/mol.